The molecule has 1 aromatic rings. The van der Waals surface area contributed by atoms with E-state index < -0.39 is 0 Å². The summed E-state index contributed by atoms with van der Waals surface area (Å²) in [6, 6.07) is -0.205. The Hall–Kier alpha value is -1.00. The molecule has 4 nitrogen and oxygen atoms in total. The molecule has 1 rings (SSSR count). The Morgan fingerprint density at radius 3 is 2.75 bits per heavy atom. The average Bonchev–Trinajstić information content (AvgIpc) is 2.05. The number of hydrogen-bond donors (Lipinski definition) is 2. The molecule has 4 heteroatoms. The SMILES string of the molecule is Cc1nccnc1C(N)CCO. The van der Waals surface area contributed by atoms with Crippen LogP contribution in [0.15, 0.2) is 12.4 Å². The fourth-order valence-corrected chi connectivity index (χ4v) is 1.06. The van der Waals surface area contributed by atoms with E-state index in [9.17, 15) is 0 Å². The first-order valence-electron chi connectivity index (χ1n) is 3.89. The largest absolute Gasteiger partial charge is 0.396 e. The molecule has 0 radical (unpaired) electrons. The van der Waals surface area contributed by atoms with Gasteiger partial charge in [0, 0.05) is 19.0 Å². The summed E-state index contributed by atoms with van der Waals surface area (Å²) in [5.74, 6) is 0. The van der Waals surface area contributed by atoms with Crippen LogP contribution in [-0.2, 0) is 0 Å². The summed E-state index contributed by atoms with van der Waals surface area (Å²) in [6.45, 7) is 1.94. The van der Waals surface area contributed by atoms with Crippen molar-refractivity contribution in [2.24, 2.45) is 5.73 Å². The number of rotatable bonds is 3. The van der Waals surface area contributed by atoms with E-state index in [1.165, 1.54) is 0 Å². The van der Waals surface area contributed by atoms with E-state index in [0.29, 0.717) is 6.42 Å². The Balaban J connectivity index is 2.79. The molecule has 0 aliphatic rings. The molecule has 0 spiro atoms. The van der Waals surface area contributed by atoms with Crippen molar-refractivity contribution in [3.63, 3.8) is 0 Å². The minimum Gasteiger partial charge on any atom is -0.396 e. The third-order valence-corrected chi connectivity index (χ3v) is 1.71. The van der Waals surface area contributed by atoms with E-state index in [1.54, 1.807) is 12.4 Å². The molecule has 0 fully saturated rings. The van der Waals surface area contributed by atoms with Gasteiger partial charge in [-0.3, -0.25) is 9.97 Å². The van der Waals surface area contributed by atoms with Crippen molar-refractivity contribution in [2.75, 3.05) is 6.61 Å². The van der Waals surface area contributed by atoms with Gasteiger partial charge in [0.15, 0.2) is 0 Å². The van der Waals surface area contributed by atoms with Gasteiger partial charge in [0.2, 0.25) is 0 Å². The number of nitrogens with zero attached hydrogens (tertiary/aromatic N) is 2. The number of aliphatic hydroxyl groups is 1. The lowest BCUT2D eigenvalue weighted by molar-refractivity contribution is 0.275. The third kappa shape index (κ3) is 1.99. The Morgan fingerprint density at radius 2 is 2.17 bits per heavy atom. The molecule has 0 aliphatic heterocycles. The highest BCUT2D eigenvalue weighted by molar-refractivity contribution is 5.12. The molecule has 66 valence electrons. The molecule has 0 aliphatic carbocycles. The lowest BCUT2D eigenvalue weighted by Crippen LogP contribution is -2.15. The van der Waals surface area contributed by atoms with Crippen LogP contribution < -0.4 is 5.73 Å². The number of hydrogen-bond acceptors (Lipinski definition) is 4. The van der Waals surface area contributed by atoms with Crippen LogP contribution in [0.4, 0.5) is 0 Å². The number of aliphatic hydroxyl groups excluding tert-OH is 1. The zero-order valence-corrected chi connectivity index (χ0v) is 7.07. The third-order valence-electron chi connectivity index (χ3n) is 1.71. The molecule has 0 saturated heterocycles. The number of nitrogens with two attached hydrogens (primary N) is 1. The molecular weight excluding hydrogens is 154 g/mol. The molecular formula is C8H13N3O. The Bertz CT molecular complexity index is 252. The van der Waals surface area contributed by atoms with Gasteiger partial charge in [-0.05, 0) is 13.3 Å². The molecule has 1 unspecified atom stereocenters. The van der Waals surface area contributed by atoms with E-state index in [0.717, 1.165) is 11.4 Å². The van der Waals surface area contributed by atoms with E-state index in [-0.39, 0.29) is 12.6 Å². The summed E-state index contributed by atoms with van der Waals surface area (Å²) >= 11 is 0. The van der Waals surface area contributed by atoms with Gasteiger partial charge in [0.25, 0.3) is 0 Å². The van der Waals surface area contributed by atoms with Crippen LogP contribution in [0, 0.1) is 6.92 Å². The first-order chi connectivity index (χ1) is 5.75. The lowest BCUT2D eigenvalue weighted by atomic mass is 10.1. The summed E-state index contributed by atoms with van der Waals surface area (Å²) in [7, 11) is 0. The first kappa shape index (κ1) is 9.09. The van der Waals surface area contributed by atoms with Crippen molar-refractivity contribution in [3.8, 4) is 0 Å². The normalized spacial score (nSPS) is 12.9. The summed E-state index contributed by atoms with van der Waals surface area (Å²) in [5.41, 5.74) is 7.35. The molecule has 0 saturated carbocycles. The second kappa shape index (κ2) is 4.13. The summed E-state index contributed by atoms with van der Waals surface area (Å²) in [4.78, 5) is 8.16. The molecule has 0 aromatic carbocycles. The predicted molar refractivity (Wildman–Crippen MR) is 45.4 cm³/mol. The second-order valence-corrected chi connectivity index (χ2v) is 2.65. The number of aryl methyl sites for hydroxylation is 1. The minimum absolute atomic E-state index is 0.0805. The van der Waals surface area contributed by atoms with Gasteiger partial charge < -0.3 is 10.8 Å². The minimum atomic E-state index is -0.205. The number of aromatic nitrogens is 2. The van der Waals surface area contributed by atoms with Gasteiger partial charge in [-0.15, -0.1) is 0 Å². The van der Waals surface area contributed by atoms with Crippen LogP contribution in [0.1, 0.15) is 23.9 Å². The van der Waals surface area contributed by atoms with Crippen molar-refractivity contribution in [2.45, 2.75) is 19.4 Å². The van der Waals surface area contributed by atoms with Crippen LogP contribution in [-0.4, -0.2) is 21.7 Å². The topological polar surface area (TPSA) is 72.0 Å². The zero-order valence-electron chi connectivity index (χ0n) is 7.07. The summed E-state index contributed by atoms with van der Waals surface area (Å²) < 4.78 is 0. The predicted octanol–water partition coefficient (Wildman–Crippen LogP) is 0.167. The van der Waals surface area contributed by atoms with Crippen LogP contribution in [0.25, 0.3) is 0 Å². The van der Waals surface area contributed by atoms with E-state index in [1.807, 2.05) is 6.92 Å². The standard InChI is InChI=1S/C8H13N3O/c1-6-8(7(9)2-5-12)11-4-3-10-6/h3-4,7,12H,2,5,9H2,1H3. The van der Waals surface area contributed by atoms with Gasteiger partial charge in [-0.2, -0.15) is 0 Å². The summed E-state index contributed by atoms with van der Waals surface area (Å²) in [5, 5.41) is 8.66. The average molecular weight is 167 g/mol. The van der Waals surface area contributed by atoms with Crippen molar-refractivity contribution in [3.05, 3.63) is 23.8 Å². The van der Waals surface area contributed by atoms with Gasteiger partial charge in [-0.1, -0.05) is 0 Å². The molecule has 1 aromatic heterocycles. The fraction of sp³-hybridized carbons (Fsp3) is 0.500. The van der Waals surface area contributed by atoms with Crippen molar-refractivity contribution < 1.29 is 5.11 Å². The van der Waals surface area contributed by atoms with Crippen molar-refractivity contribution >= 4 is 0 Å². The lowest BCUT2D eigenvalue weighted by Gasteiger charge is -2.10. The van der Waals surface area contributed by atoms with Gasteiger partial charge >= 0.3 is 0 Å². The van der Waals surface area contributed by atoms with Crippen LogP contribution in [0.2, 0.25) is 0 Å². The summed E-state index contributed by atoms with van der Waals surface area (Å²) in [6.07, 6.45) is 3.77. The zero-order chi connectivity index (χ0) is 8.97. The fourth-order valence-electron chi connectivity index (χ4n) is 1.06. The highest BCUT2D eigenvalue weighted by Crippen LogP contribution is 2.12. The van der Waals surface area contributed by atoms with Gasteiger partial charge in [-0.25, -0.2) is 0 Å². The van der Waals surface area contributed by atoms with Crippen molar-refractivity contribution in [1.82, 2.24) is 9.97 Å². The first-order valence-corrected chi connectivity index (χ1v) is 3.89. The van der Waals surface area contributed by atoms with E-state index >= 15 is 0 Å². The maximum absolute atomic E-state index is 8.66. The van der Waals surface area contributed by atoms with Crippen LogP contribution >= 0.6 is 0 Å². The molecule has 1 atom stereocenters. The van der Waals surface area contributed by atoms with E-state index in [2.05, 4.69) is 9.97 Å². The molecule has 12 heavy (non-hydrogen) atoms. The highest BCUT2D eigenvalue weighted by atomic mass is 16.3. The smallest absolute Gasteiger partial charge is 0.0783 e. The van der Waals surface area contributed by atoms with E-state index in [4.69, 9.17) is 10.8 Å². The highest BCUT2D eigenvalue weighted by Gasteiger charge is 2.09. The van der Waals surface area contributed by atoms with Gasteiger partial charge in [0.05, 0.1) is 17.4 Å². The maximum atomic E-state index is 8.66. The van der Waals surface area contributed by atoms with Crippen LogP contribution in [0.5, 0.6) is 0 Å². The molecule has 0 bridgehead atoms. The molecule has 3 N–H and O–H groups in total. The molecule has 1 heterocycles. The quantitative estimate of drug-likeness (QED) is 0.673. The second-order valence-electron chi connectivity index (χ2n) is 2.65. The van der Waals surface area contributed by atoms with Gasteiger partial charge in [0.1, 0.15) is 0 Å². The molecule has 0 amide bonds. The monoisotopic (exact) mass is 167 g/mol. The Morgan fingerprint density at radius 1 is 1.50 bits per heavy atom. The van der Waals surface area contributed by atoms with Crippen molar-refractivity contribution in [1.29, 1.82) is 0 Å². The maximum Gasteiger partial charge on any atom is 0.0783 e. The van der Waals surface area contributed by atoms with Crippen LogP contribution in [0.3, 0.4) is 0 Å². The Kier molecular flexibility index (Phi) is 3.13. The Labute approximate surface area is 71.5 Å².